The zero-order valence-corrected chi connectivity index (χ0v) is 16.2. The molecule has 0 unspecified atom stereocenters. The van der Waals surface area contributed by atoms with Crippen molar-refractivity contribution in [2.24, 2.45) is 5.92 Å². The fraction of sp³-hybridized carbons (Fsp3) is 0.632. The summed E-state index contributed by atoms with van der Waals surface area (Å²) < 4.78 is 38.3. The molecule has 0 aliphatic heterocycles. The number of hydrogen-bond donors (Lipinski definition) is 1. The third-order valence-corrected chi connectivity index (χ3v) is 5.98. The third kappa shape index (κ3) is 5.56. The minimum Gasteiger partial charge on any atom is -0.465 e. The van der Waals surface area contributed by atoms with E-state index in [1.165, 1.54) is 23.9 Å². The Balaban J connectivity index is 1.89. The van der Waals surface area contributed by atoms with E-state index in [0.29, 0.717) is 10.8 Å². The van der Waals surface area contributed by atoms with Crippen LogP contribution >= 0.6 is 11.8 Å². The van der Waals surface area contributed by atoms with Crippen LogP contribution in [0.3, 0.4) is 0 Å². The Bertz CT molecular complexity index is 620. The lowest BCUT2D eigenvalue weighted by Gasteiger charge is -2.42. The number of carboxylic acid groups (broad SMARTS) is 1. The number of hydrogen-bond acceptors (Lipinski definition) is 2. The van der Waals surface area contributed by atoms with Gasteiger partial charge in [0.2, 0.25) is 0 Å². The molecule has 1 aliphatic rings. The predicted molar refractivity (Wildman–Crippen MR) is 97.5 cm³/mol. The summed E-state index contributed by atoms with van der Waals surface area (Å²) in [7, 11) is 0. The number of rotatable bonds is 4. The van der Waals surface area contributed by atoms with Crippen LogP contribution in [0.5, 0.6) is 0 Å². The Labute approximate surface area is 157 Å². The van der Waals surface area contributed by atoms with Gasteiger partial charge in [-0.05, 0) is 70.6 Å². The molecule has 2 rings (SSSR count). The fourth-order valence-electron chi connectivity index (χ4n) is 3.54. The zero-order chi connectivity index (χ0) is 19.5. The Morgan fingerprint density at radius 1 is 1.19 bits per heavy atom. The first kappa shape index (κ1) is 20.9. The van der Waals surface area contributed by atoms with Gasteiger partial charge in [-0.2, -0.15) is 13.2 Å². The molecule has 1 aromatic rings. The molecule has 1 aliphatic carbocycles. The van der Waals surface area contributed by atoms with Crippen LogP contribution < -0.4 is 0 Å². The second-order valence-electron chi connectivity index (χ2n) is 7.83. The molecule has 3 nitrogen and oxygen atoms in total. The molecule has 1 fully saturated rings. The van der Waals surface area contributed by atoms with E-state index >= 15 is 0 Å². The van der Waals surface area contributed by atoms with Crippen molar-refractivity contribution in [3.8, 4) is 0 Å². The van der Waals surface area contributed by atoms with Crippen molar-refractivity contribution in [3.63, 3.8) is 0 Å². The van der Waals surface area contributed by atoms with Gasteiger partial charge in [-0.1, -0.05) is 6.07 Å². The summed E-state index contributed by atoms with van der Waals surface area (Å²) in [6.45, 7) is 5.70. The first-order valence-corrected chi connectivity index (χ1v) is 9.79. The van der Waals surface area contributed by atoms with Crippen molar-refractivity contribution in [3.05, 3.63) is 29.8 Å². The van der Waals surface area contributed by atoms with Gasteiger partial charge in [-0.15, -0.1) is 11.8 Å². The monoisotopic (exact) mass is 389 g/mol. The van der Waals surface area contributed by atoms with E-state index in [-0.39, 0.29) is 6.04 Å². The molecule has 1 amide bonds. The van der Waals surface area contributed by atoms with Crippen molar-refractivity contribution < 1.29 is 23.1 Å². The van der Waals surface area contributed by atoms with E-state index in [1.54, 1.807) is 11.0 Å². The van der Waals surface area contributed by atoms with Crippen LogP contribution in [0, 0.1) is 5.92 Å². The predicted octanol–water partition coefficient (Wildman–Crippen LogP) is 6.13. The molecule has 7 heteroatoms. The van der Waals surface area contributed by atoms with Crippen LogP contribution in [-0.4, -0.2) is 33.4 Å². The highest BCUT2D eigenvalue weighted by molar-refractivity contribution is 7.99. The van der Waals surface area contributed by atoms with Crippen LogP contribution in [0.1, 0.15) is 52.0 Å². The Kier molecular flexibility index (Phi) is 6.53. The summed E-state index contributed by atoms with van der Waals surface area (Å²) in [6.07, 6.45) is -1.80. The van der Waals surface area contributed by atoms with E-state index in [9.17, 15) is 23.1 Å². The van der Waals surface area contributed by atoms with Crippen LogP contribution in [0.25, 0.3) is 0 Å². The van der Waals surface area contributed by atoms with E-state index in [0.717, 1.165) is 37.5 Å². The van der Waals surface area contributed by atoms with E-state index in [1.807, 2.05) is 20.8 Å². The standard InChI is InChI=1S/C19H26F3NO2S/c1-18(2,3)23(17(24)25)15-9-7-13(8-10-15)12-26-16-6-4-5-14(11-16)19(20,21)22/h4-6,11,13,15H,7-10,12H2,1-3H3,(H,24,25)/t13-,15-. The average Bonchev–Trinajstić information content (AvgIpc) is 2.52. The number of carbonyl (C=O) groups is 1. The zero-order valence-electron chi connectivity index (χ0n) is 15.3. The van der Waals surface area contributed by atoms with Crippen molar-refractivity contribution in [2.45, 2.75) is 69.1 Å². The number of benzene rings is 1. The maximum atomic E-state index is 12.8. The van der Waals surface area contributed by atoms with Gasteiger partial charge in [0.15, 0.2) is 0 Å². The van der Waals surface area contributed by atoms with Crippen LogP contribution in [0.2, 0.25) is 0 Å². The summed E-state index contributed by atoms with van der Waals surface area (Å²) in [5.41, 5.74) is -1.05. The van der Waals surface area contributed by atoms with Gasteiger partial charge in [0.1, 0.15) is 0 Å². The lowest BCUT2D eigenvalue weighted by molar-refractivity contribution is -0.137. The molecule has 0 saturated heterocycles. The lowest BCUT2D eigenvalue weighted by Crippen LogP contribution is -2.52. The summed E-state index contributed by atoms with van der Waals surface area (Å²) in [6, 6.07) is 5.44. The average molecular weight is 389 g/mol. The third-order valence-electron chi connectivity index (χ3n) is 4.76. The van der Waals surface area contributed by atoms with Gasteiger partial charge in [-0.3, -0.25) is 0 Å². The van der Waals surface area contributed by atoms with E-state index in [4.69, 9.17) is 0 Å². The quantitative estimate of drug-likeness (QED) is 0.629. The lowest BCUT2D eigenvalue weighted by atomic mass is 9.85. The van der Waals surface area contributed by atoms with Crippen molar-refractivity contribution in [1.82, 2.24) is 4.90 Å². The molecule has 0 bridgehead atoms. The molecule has 1 aromatic carbocycles. The number of thioether (sulfide) groups is 1. The smallest absolute Gasteiger partial charge is 0.416 e. The van der Waals surface area contributed by atoms with Crippen LogP contribution in [0.4, 0.5) is 18.0 Å². The second kappa shape index (κ2) is 8.11. The minimum atomic E-state index is -4.32. The molecule has 1 saturated carbocycles. The molecule has 0 atom stereocenters. The van der Waals surface area contributed by atoms with Gasteiger partial charge in [0.25, 0.3) is 0 Å². The minimum absolute atomic E-state index is 0.0160. The second-order valence-corrected chi connectivity index (χ2v) is 8.93. The topological polar surface area (TPSA) is 40.5 Å². The Hall–Kier alpha value is -1.37. The molecular formula is C19H26F3NO2S. The van der Waals surface area contributed by atoms with Gasteiger partial charge >= 0.3 is 12.3 Å². The van der Waals surface area contributed by atoms with Gasteiger partial charge in [-0.25, -0.2) is 4.79 Å². The number of halogens is 3. The molecular weight excluding hydrogens is 363 g/mol. The highest BCUT2D eigenvalue weighted by Gasteiger charge is 2.35. The highest BCUT2D eigenvalue weighted by atomic mass is 32.2. The first-order chi connectivity index (χ1) is 12.0. The van der Waals surface area contributed by atoms with E-state index < -0.39 is 23.4 Å². The Morgan fingerprint density at radius 3 is 2.31 bits per heavy atom. The number of nitrogens with zero attached hydrogens (tertiary/aromatic N) is 1. The molecule has 26 heavy (non-hydrogen) atoms. The maximum Gasteiger partial charge on any atom is 0.416 e. The molecule has 0 spiro atoms. The van der Waals surface area contributed by atoms with Gasteiger partial charge in [0, 0.05) is 22.2 Å². The fourth-order valence-corrected chi connectivity index (χ4v) is 4.68. The molecule has 0 heterocycles. The Morgan fingerprint density at radius 2 is 1.81 bits per heavy atom. The molecule has 0 aromatic heterocycles. The van der Waals surface area contributed by atoms with Crippen molar-refractivity contribution in [1.29, 1.82) is 0 Å². The highest BCUT2D eigenvalue weighted by Crippen LogP contribution is 2.36. The van der Waals surface area contributed by atoms with Gasteiger partial charge < -0.3 is 10.0 Å². The van der Waals surface area contributed by atoms with Crippen LogP contribution in [0.15, 0.2) is 29.2 Å². The maximum absolute atomic E-state index is 12.8. The summed E-state index contributed by atoms with van der Waals surface area (Å²) in [5, 5.41) is 9.50. The SMILES string of the molecule is CC(C)(C)N(C(=O)O)[C@H]1CC[C@H](CSc2cccc(C(F)(F)F)c2)CC1. The molecule has 0 radical (unpaired) electrons. The van der Waals surface area contributed by atoms with Crippen molar-refractivity contribution in [2.75, 3.05) is 5.75 Å². The first-order valence-electron chi connectivity index (χ1n) is 8.81. The summed E-state index contributed by atoms with van der Waals surface area (Å²) >= 11 is 1.45. The largest absolute Gasteiger partial charge is 0.465 e. The molecule has 1 N–H and O–H groups in total. The summed E-state index contributed by atoms with van der Waals surface area (Å²) in [5.74, 6) is 1.16. The number of alkyl halides is 3. The molecule has 146 valence electrons. The van der Waals surface area contributed by atoms with Crippen molar-refractivity contribution >= 4 is 17.9 Å². The van der Waals surface area contributed by atoms with E-state index in [2.05, 4.69) is 0 Å². The van der Waals surface area contributed by atoms with Crippen LogP contribution in [-0.2, 0) is 6.18 Å². The number of amides is 1. The normalized spacial score (nSPS) is 21.5. The summed E-state index contributed by atoms with van der Waals surface area (Å²) in [4.78, 5) is 13.8. The van der Waals surface area contributed by atoms with Gasteiger partial charge in [0.05, 0.1) is 5.56 Å².